The normalized spacial score (nSPS) is 19.7. The van der Waals surface area contributed by atoms with E-state index in [1.165, 1.54) is 0 Å². The fourth-order valence-corrected chi connectivity index (χ4v) is 2.31. The Morgan fingerprint density at radius 1 is 1.50 bits per heavy atom. The third kappa shape index (κ3) is 2.64. The summed E-state index contributed by atoms with van der Waals surface area (Å²) in [6.07, 6.45) is 0. The first-order valence-corrected chi connectivity index (χ1v) is 6.29. The highest BCUT2D eigenvalue weighted by atomic mass is 16.5. The van der Waals surface area contributed by atoms with Gasteiger partial charge in [0.25, 0.3) is 5.91 Å². The van der Waals surface area contributed by atoms with E-state index in [2.05, 4.69) is 12.2 Å². The first kappa shape index (κ1) is 12.9. The number of carbonyl (C=O) groups is 1. The molecule has 0 aromatic heterocycles. The van der Waals surface area contributed by atoms with E-state index in [0.717, 1.165) is 36.5 Å². The van der Waals surface area contributed by atoms with E-state index < -0.39 is 0 Å². The van der Waals surface area contributed by atoms with E-state index in [4.69, 9.17) is 4.74 Å². The molecule has 1 aliphatic heterocycles. The lowest BCUT2D eigenvalue weighted by Crippen LogP contribution is -2.51. The zero-order valence-electron chi connectivity index (χ0n) is 11.2. The molecule has 18 heavy (non-hydrogen) atoms. The fourth-order valence-electron chi connectivity index (χ4n) is 2.31. The van der Waals surface area contributed by atoms with E-state index in [1.54, 1.807) is 7.11 Å². The zero-order chi connectivity index (χ0) is 13.1. The van der Waals surface area contributed by atoms with Gasteiger partial charge in [0.05, 0.1) is 7.11 Å². The second-order valence-electron chi connectivity index (χ2n) is 4.79. The molecule has 1 saturated heterocycles. The minimum absolute atomic E-state index is 0.106. The van der Waals surface area contributed by atoms with Crippen LogP contribution in [0, 0.1) is 6.92 Å². The summed E-state index contributed by atoms with van der Waals surface area (Å²) in [5, 5.41) is 3.33. The summed E-state index contributed by atoms with van der Waals surface area (Å²) in [6, 6.07) is 5.95. The molecule has 98 valence electrons. The molecular weight excluding hydrogens is 228 g/mol. The number of nitrogens with one attached hydrogen (secondary N) is 1. The van der Waals surface area contributed by atoms with Crippen LogP contribution >= 0.6 is 0 Å². The van der Waals surface area contributed by atoms with Gasteiger partial charge >= 0.3 is 0 Å². The molecular formula is C14H20N2O2. The average Bonchev–Trinajstić information content (AvgIpc) is 2.37. The monoisotopic (exact) mass is 248 g/mol. The number of rotatable bonds is 2. The Morgan fingerprint density at radius 2 is 2.28 bits per heavy atom. The molecule has 4 heteroatoms. The molecule has 1 atom stereocenters. The quantitative estimate of drug-likeness (QED) is 0.861. The predicted octanol–water partition coefficient (Wildman–Crippen LogP) is 1.44. The molecule has 0 bridgehead atoms. The molecule has 0 spiro atoms. The number of methoxy groups -OCH3 is 1. The van der Waals surface area contributed by atoms with E-state index in [1.807, 2.05) is 30.0 Å². The summed E-state index contributed by atoms with van der Waals surface area (Å²) in [5.74, 6) is 0.925. The summed E-state index contributed by atoms with van der Waals surface area (Å²) in [6.45, 7) is 6.45. The predicted molar refractivity (Wildman–Crippen MR) is 71.1 cm³/mol. The second-order valence-corrected chi connectivity index (χ2v) is 4.79. The Morgan fingerprint density at radius 3 is 2.89 bits per heavy atom. The number of hydrogen-bond acceptors (Lipinski definition) is 3. The average molecular weight is 248 g/mol. The largest absolute Gasteiger partial charge is 0.496 e. The minimum atomic E-state index is 0.106. The van der Waals surface area contributed by atoms with E-state index >= 15 is 0 Å². The van der Waals surface area contributed by atoms with Crippen molar-refractivity contribution in [1.29, 1.82) is 0 Å². The minimum Gasteiger partial charge on any atom is -0.496 e. The van der Waals surface area contributed by atoms with Gasteiger partial charge in [0.15, 0.2) is 0 Å². The Hall–Kier alpha value is -1.55. The smallest absolute Gasteiger partial charge is 0.253 e. The third-order valence-electron chi connectivity index (χ3n) is 3.30. The molecule has 1 aliphatic rings. The van der Waals surface area contributed by atoms with Crippen molar-refractivity contribution in [2.45, 2.75) is 19.9 Å². The Kier molecular flexibility index (Phi) is 3.87. The second kappa shape index (κ2) is 5.40. The summed E-state index contributed by atoms with van der Waals surface area (Å²) in [7, 11) is 1.64. The van der Waals surface area contributed by atoms with Gasteiger partial charge in [-0.1, -0.05) is 0 Å². The van der Waals surface area contributed by atoms with Crippen molar-refractivity contribution in [3.63, 3.8) is 0 Å². The van der Waals surface area contributed by atoms with Crippen molar-refractivity contribution in [3.05, 3.63) is 29.3 Å². The van der Waals surface area contributed by atoms with Gasteiger partial charge in [0, 0.05) is 31.2 Å². The first-order chi connectivity index (χ1) is 8.61. The SMILES string of the molecule is COc1ccc(C(=O)N2CCNC(C)C2)cc1C. The van der Waals surface area contributed by atoms with Gasteiger partial charge in [-0.25, -0.2) is 0 Å². The molecule has 0 radical (unpaired) electrons. The maximum Gasteiger partial charge on any atom is 0.253 e. The van der Waals surface area contributed by atoms with Crippen molar-refractivity contribution in [1.82, 2.24) is 10.2 Å². The van der Waals surface area contributed by atoms with Crippen molar-refractivity contribution < 1.29 is 9.53 Å². The molecule has 0 saturated carbocycles. The van der Waals surface area contributed by atoms with E-state index in [-0.39, 0.29) is 5.91 Å². The third-order valence-corrected chi connectivity index (χ3v) is 3.30. The van der Waals surface area contributed by atoms with Crippen molar-refractivity contribution >= 4 is 5.91 Å². The number of nitrogens with zero attached hydrogens (tertiary/aromatic N) is 1. The maximum atomic E-state index is 12.4. The van der Waals surface area contributed by atoms with Gasteiger partial charge in [-0.2, -0.15) is 0 Å². The summed E-state index contributed by atoms with van der Waals surface area (Å²) in [4.78, 5) is 14.3. The lowest BCUT2D eigenvalue weighted by atomic mass is 10.1. The van der Waals surface area contributed by atoms with Gasteiger partial charge < -0.3 is 15.0 Å². The molecule has 0 aliphatic carbocycles. The van der Waals surface area contributed by atoms with Gasteiger partial charge in [-0.3, -0.25) is 4.79 Å². The van der Waals surface area contributed by atoms with Crippen LogP contribution in [-0.2, 0) is 0 Å². The molecule has 1 unspecified atom stereocenters. The Balaban J connectivity index is 2.15. The van der Waals surface area contributed by atoms with Crippen molar-refractivity contribution in [2.75, 3.05) is 26.7 Å². The number of piperazine rings is 1. The highest BCUT2D eigenvalue weighted by molar-refractivity contribution is 5.94. The van der Waals surface area contributed by atoms with Crippen LogP contribution in [-0.4, -0.2) is 43.6 Å². The van der Waals surface area contributed by atoms with Gasteiger partial charge in [-0.15, -0.1) is 0 Å². The van der Waals surface area contributed by atoms with Crippen LogP contribution in [0.15, 0.2) is 18.2 Å². The molecule has 1 heterocycles. The number of ether oxygens (including phenoxy) is 1. The van der Waals surface area contributed by atoms with E-state index in [9.17, 15) is 4.79 Å². The van der Waals surface area contributed by atoms with Gasteiger partial charge in [0.1, 0.15) is 5.75 Å². The topological polar surface area (TPSA) is 41.6 Å². The fraction of sp³-hybridized carbons (Fsp3) is 0.500. The molecule has 1 aromatic carbocycles. The zero-order valence-corrected chi connectivity index (χ0v) is 11.2. The molecule has 4 nitrogen and oxygen atoms in total. The Bertz CT molecular complexity index is 445. The Labute approximate surface area is 108 Å². The van der Waals surface area contributed by atoms with Crippen LogP contribution in [0.4, 0.5) is 0 Å². The molecule has 1 fully saturated rings. The number of benzene rings is 1. The number of aryl methyl sites for hydroxylation is 1. The number of amides is 1. The lowest BCUT2D eigenvalue weighted by Gasteiger charge is -2.32. The summed E-state index contributed by atoms with van der Waals surface area (Å²) >= 11 is 0. The van der Waals surface area contributed by atoms with Gasteiger partial charge in [0.2, 0.25) is 0 Å². The van der Waals surface area contributed by atoms with Crippen LogP contribution in [0.2, 0.25) is 0 Å². The molecule has 1 N–H and O–H groups in total. The molecule has 1 aromatic rings. The van der Waals surface area contributed by atoms with Crippen LogP contribution in [0.5, 0.6) is 5.75 Å². The van der Waals surface area contributed by atoms with Gasteiger partial charge in [-0.05, 0) is 37.6 Å². The van der Waals surface area contributed by atoms with Crippen LogP contribution < -0.4 is 10.1 Å². The number of carbonyl (C=O) groups excluding carboxylic acids is 1. The van der Waals surface area contributed by atoms with Crippen LogP contribution in [0.1, 0.15) is 22.8 Å². The van der Waals surface area contributed by atoms with E-state index in [0.29, 0.717) is 6.04 Å². The number of hydrogen-bond donors (Lipinski definition) is 1. The van der Waals surface area contributed by atoms with Crippen LogP contribution in [0.3, 0.4) is 0 Å². The highest BCUT2D eigenvalue weighted by Crippen LogP contribution is 2.19. The lowest BCUT2D eigenvalue weighted by molar-refractivity contribution is 0.0709. The van der Waals surface area contributed by atoms with Crippen molar-refractivity contribution in [2.24, 2.45) is 0 Å². The highest BCUT2D eigenvalue weighted by Gasteiger charge is 2.21. The standard InChI is InChI=1S/C14H20N2O2/c1-10-8-12(4-5-13(10)18-3)14(17)16-7-6-15-11(2)9-16/h4-5,8,11,15H,6-7,9H2,1-3H3. The molecule has 1 amide bonds. The van der Waals surface area contributed by atoms with Crippen molar-refractivity contribution in [3.8, 4) is 5.75 Å². The maximum absolute atomic E-state index is 12.4. The summed E-state index contributed by atoms with van der Waals surface area (Å²) < 4.78 is 5.21. The first-order valence-electron chi connectivity index (χ1n) is 6.29. The molecule has 2 rings (SSSR count). The summed E-state index contributed by atoms with van der Waals surface area (Å²) in [5.41, 5.74) is 1.73. The van der Waals surface area contributed by atoms with Crippen LogP contribution in [0.25, 0.3) is 0 Å².